The molecule has 0 saturated carbocycles. The second kappa shape index (κ2) is 6.48. The number of rotatable bonds is 4. The van der Waals surface area contributed by atoms with Gasteiger partial charge < -0.3 is 4.74 Å². The van der Waals surface area contributed by atoms with Crippen LogP contribution in [0, 0.1) is 0 Å². The van der Waals surface area contributed by atoms with Crippen LogP contribution in [0.2, 0.25) is 0 Å². The molecule has 1 aromatic carbocycles. The number of hydrogen-bond donors (Lipinski definition) is 0. The van der Waals surface area contributed by atoms with Crippen molar-refractivity contribution < 1.29 is 14.3 Å². The van der Waals surface area contributed by atoms with Crippen molar-refractivity contribution in [3.8, 4) is 0 Å². The maximum atomic E-state index is 11.9. The van der Waals surface area contributed by atoms with Gasteiger partial charge in [0, 0.05) is 25.9 Å². The standard InChI is InChI=1S/C15H19NO3/c1-19-15(18)14(11-12-5-3-2-4-6-12)16-9-7-13(17)8-10-16/h2-6,14H,7-11H2,1H3. The summed E-state index contributed by atoms with van der Waals surface area (Å²) in [6.07, 6.45) is 1.69. The predicted octanol–water partition coefficient (Wildman–Crippen LogP) is 1.44. The van der Waals surface area contributed by atoms with Crippen LogP contribution < -0.4 is 0 Å². The number of ketones is 1. The number of piperidine rings is 1. The largest absolute Gasteiger partial charge is 0.468 e. The van der Waals surface area contributed by atoms with Crippen LogP contribution in [-0.4, -0.2) is 42.9 Å². The van der Waals surface area contributed by atoms with Crippen LogP contribution in [0.15, 0.2) is 30.3 Å². The SMILES string of the molecule is COC(=O)C(Cc1ccccc1)N1CCC(=O)CC1. The van der Waals surface area contributed by atoms with Crippen LogP contribution in [0.25, 0.3) is 0 Å². The number of nitrogens with zero attached hydrogens (tertiary/aromatic N) is 1. The molecule has 2 rings (SSSR count). The Labute approximate surface area is 113 Å². The molecule has 1 unspecified atom stereocenters. The maximum absolute atomic E-state index is 11.9. The van der Waals surface area contributed by atoms with Gasteiger partial charge in [-0.2, -0.15) is 0 Å². The van der Waals surface area contributed by atoms with Crippen LogP contribution in [0.3, 0.4) is 0 Å². The number of carbonyl (C=O) groups is 2. The van der Waals surface area contributed by atoms with Crippen LogP contribution in [0.1, 0.15) is 18.4 Å². The first-order valence-corrected chi connectivity index (χ1v) is 6.58. The molecule has 1 aliphatic rings. The zero-order chi connectivity index (χ0) is 13.7. The van der Waals surface area contributed by atoms with E-state index in [1.54, 1.807) is 0 Å². The molecule has 0 bridgehead atoms. The van der Waals surface area contributed by atoms with E-state index in [0.29, 0.717) is 32.4 Å². The predicted molar refractivity (Wildman–Crippen MR) is 71.8 cm³/mol. The van der Waals surface area contributed by atoms with Crippen molar-refractivity contribution in [3.63, 3.8) is 0 Å². The van der Waals surface area contributed by atoms with Crippen molar-refractivity contribution in [1.29, 1.82) is 0 Å². The van der Waals surface area contributed by atoms with E-state index in [1.165, 1.54) is 7.11 Å². The topological polar surface area (TPSA) is 46.6 Å². The first kappa shape index (κ1) is 13.7. The molecule has 19 heavy (non-hydrogen) atoms. The fraction of sp³-hybridized carbons (Fsp3) is 0.467. The Morgan fingerprint density at radius 3 is 2.47 bits per heavy atom. The van der Waals surface area contributed by atoms with Crippen molar-refractivity contribution in [1.82, 2.24) is 4.90 Å². The molecule has 1 heterocycles. The molecule has 4 nitrogen and oxygen atoms in total. The summed E-state index contributed by atoms with van der Waals surface area (Å²) in [4.78, 5) is 25.3. The molecule has 1 saturated heterocycles. The summed E-state index contributed by atoms with van der Waals surface area (Å²) in [5, 5.41) is 0. The normalized spacial score (nSPS) is 18.1. The van der Waals surface area contributed by atoms with E-state index >= 15 is 0 Å². The molecule has 0 aromatic heterocycles. The third kappa shape index (κ3) is 3.64. The number of benzene rings is 1. The second-order valence-electron chi connectivity index (χ2n) is 4.80. The minimum atomic E-state index is -0.291. The van der Waals surface area contributed by atoms with Crippen molar-refractivity contribution in [2.75, 3.05) is 20.2 Å². The van der Waals surface area contributed by atoms with Gasteiger partial charge in [0.2, 0.25) is 0 Å². The number of esters is 1. The number of ether oxygens (including phenoxy) is 1. The average molecular weight is 261 g/mol. The van der Waals surface area contributed by atoms with E-state index in [0.717, 1.165) is 5.56 Å². The molecule has 0 N–H and O–H groups in total. The third-order valence-electron chi connectivity index (χ3n) is 3.54. The maximum Gasteiger partial charge on any atom is 0.323 e. The zero-order valence-corrected chi connectivity index (χ0v) is 11.2. The summed E-state index contributed by atoms with van der Waals surface area (Å²) in [7, 11) is 1.41. The Hall–Kier alpha value is -1.68. The Morgan fingerprint density at radius 1 is 1.26 bits per heavy atom. The smallest absolute Gasteiger partial charge is 0.323 e. The molecule has 0 amide bonds. The van der Waals surface area contributed by atoms with Gasteiger partial charge in [-0.05, 0) is 12.0 Å². The number of carbonyl (C=O) groups excluding carboxylic acids is 2. The van der Waals surface area contributed by atoms with Gasteiger partial charge in [0.1, 0.15) is 11.8 Å². The van der Waals surface area contributed by atoms with E-state index in [-0.39, 0.29) is 17.8 Å². The van der Waals surface area contributed by atoms with Gasteiger partial charge in [0.05, 0.1) is 7.11 Å². The van der Waals surface area contributed by atoms with E-state index in [4.69, 9.17) is 4.74 Å². The van der Waals surface area contributed by atoms with E-state index < -0.39 is 0 Å². The summed E-state index contributed by atoms with van der Waals surface area (Å²) in [6, 6.07) is 9.60. The molecule has 0 spiro atoms. The minimum Gasteiger partial charge on any atom is -0.468 e. The van der Waals surface area contributed by atoms with Gasteiger partial charge in [0.15, 0.2) is 0 Å². The van der Waals surface area contributed by atoms with Crippen molar-refractivity contribution in [3.05, 3.63) is 35.9 Å². The molecule has 1 aromatic rings. The van der Waals surface area contributed by atoms with Crippen LogP contribution in [-0.2, 0) is 20.7 Å². The molecule has 1 aliphatic heterocycles. The highest BCUT2D eigenvalue weighted by Gasteiger charge is 2.29. The minimum absolute atomic E-state index is 0.224. The van der Waals surface area contributed by atoms with E-state index in [1.807, 2.05) is 30.3 Å². The molecular formula is C15H19NO3. The molecule has 0 radical (unpaired) electrons. The van der Waals surface area contributed by atoms with E-state index in [9.17, 15) is 9.59 Å². The molecule has 102 valence electrons. The number of hydrogen-bond acceptors (Lipinski definition) is 4. The second-order valence-corrected chi connectivity index (χ2v) is 4.80. The van der Waals surface area contributed by atoms with Crippen molar-refractivity contribution in [2.24, 2.45) is 0 Å². The molecule has 1 fully saturated rings. The van der Waals surface area contributed by atoms with Gasteiger partial charge in [-0.3, -0.25) is 14.5 Å². The average Bonchev–Trinajstić information content (AvgIpc) is 2.46. The Morgan fingerprint density at radius 2 is 1.89 bits per heavy atom. The lowest BCUT2D eigenvalue weighted by Gasteiger charge is -2.32. The van der Waals surface area contributed by atoms with Gasteiger partial charge in [-0.1, -0.05) is 30.3 Å². The number of methoxy groups -OCH3 is 1. The molecule has 4 heteroatoms. The quantitative estimate of drug-likeness (QED) is 0.769. The number of likely N-dealkylation sites (tertiary alicyclic amines) is 1. The van der Waals surface area contributed by atoms with Gasteiger partial charge in [0.25, 0.3) is 0 Å². The van der Waals surface area contributed by atoms with Crippen LogP contribution >= 0.6 is 0 Å². The van der Waals surface area contributed by atoms with Gasteiger partial charge in [-0.15, -0.1) is 0 Å². The highest BCUT2D eigenvalue weighted by atomic mass is 16.5. The molecular weight excluding hydrogens is 242 g/mol. The van der Waals surface area contributed by atoms with Crippen molar-refractivity contribution in [2.45, 2.75) is 25.3 Å². The summed E-state index contributed by atoms with van der Waals surface area (Å²) in [6.45, 7) is 1.29. The third-order valence-corrected chi connectivity index (χ3v) is 3.54. The lowest BCUT2D eigenvalue weighted by molar-refractivity contribution is -0.148. The number of Topliss-reactive ketones (excluding diaryl/α,β-unsaturated/α-hetero) is 1. The Kier molecular flexibility index (Phi) is 4.68. The van der Waals surface area contributed by atoms with Crippen LogP contribution in [0.5, 0.6) is 0 Å². The highest BCUT2D eigenvalue weighted by Crippen LogP contribution is 2.15. The fourth-order valence-corrected chi connectivity index (χ4v) is 2.42. The highest BCUT2D eigenvalue weighted by molar-refractivity contribution is 5.80. The van der Waals surface area contributed by atoms with Crippen molar-refractivity contribution >= 4 is 11.8 Å². The summed E-state index contributed by atoms with van der Waals surface area (Å²) < 4.78 is 4.90. The lowest BCUT2D eigenvalue weighted by Crippen LogP contribution is -2.47. The van der Waals surface area contributed by atoms with Crippen LogP contribution in [0.4, 0.5) is 0 Å². The first-order valence-electron chi connectivity index (χ1n) is 6.58. The summed E-state index contributed by atoms with van der Waals surface area (Å²) >= 11 is 0. The molecule has 0 aliphatic carbocycles. The molecule has 1 atom stereocenters. The Balaban J connectivity index is 2.08. The Bertz CT molecular complexity index is 434. The van der Waals surface area contributed by atoms with E-state index in [2.05, 4.69) is 4.90 Å². The summed E-state index contributed by atoms with van der Waals surface area (Å²) in [5.74, 6) is 0.0535. The zero-order valence-electron chi connectivity index (χ0n) is 11.2. The lowest BCUT2D eigenvalue weighted by atomic mass is 10.0. The monoisotopic (exact) mass is 261 g/mol. The summed E-state index contributed by atoms with van der Waals surface area (Å²) in [5.41, 5.74) is 1.11. The van der Waals surface area contributed by atoms with Gasteiger partial charge in [-0.25, -0.2) is 0 Å². The fourth-order valence-electron chi connectivity index (χ4n) is 2.42. The van der Waals surface area contributed by atoms with Gasteiger partial charge >= 0.3 is 5.97 Å². The first-order chi connectivity index (χ1) is 9.20.